The number of hydrogen-bond donors (Lipinski definition) is 0. The van der Waals surface area contributed by atoms with Gasteiger partial charge in [-0.2, -0.15) is 0 Å². The van der Waals surface area contributed by atoms with Gasteiger partial charge in [0.1, 0.15) is 0 Å². The molecule has 4 atom stereocenters. The molecule has 1 saturated carbocycles. The van der Waals surface area contributed by atoms with Crippen molar-refractivity contribution in [1.29, 1.82) is 0 Å². The van der Waals surface area contributed by atoms with Gasteiger partial charge in [-0.05, 0) is 19.3 Å². The Morgan fingerprint density at radius 1 is 1.29 bits per heavy atom. The second-order valence-corrected chi connectivity index (χ2v) is 6.71. The summed E-state index contributed by atoms with van der Waals surface area (Å²) < 4.78 is 5.93. The van der Waals surface area contributed by atoms with Crippen molar-refractivity contribution in [3.63, 3.8) is 0 Å². The van der Waals surface area contributed by atoms with Crippen molar-refractivity contribution >= 4 is 11.8 Å². The number of amides is 2. The molecule has 0 bridgehead atoms. The highest BCUT2D eigenvalue weighted by Gasteiger charge is 2.66. The van der Waals surface area contributed by atoms with Crippen LogP contribution in [-0.4, -0.2) is 35.0 Å². The molecule has 21 heavy (non-hydrogen) atoms. The molecule has 2 aliphatic heterocycles. The summed E-state index contributed by atoms with van der Waals surface area (Å²) in [4.78, 5) is 26.1. The number of hydrogen-bond acceptors (Lipinski definition) is 3. The number of unbranched alkanes of at least 4 members (excludes halogenated alkanes) is 3. The van der Waals surface area contributed by atoms with Crippen LogP contribution in [0.2, 0.25) is 0 Å². The molecule has 0 radical (unpaired) electrons. The fraction of sp³-hybridized carbons (Fsp3) is 0.765. The number of carbonyl (C=O) groups excluding carboxylic acids is 2. The Bertz CT molecular complexity index is 461. The normalized spacial score (nSPS) is 37.4. The third-order valence-electron chi connectivity index (χ3n) is 5.36. The predicted octanol–water partition coefficient (Wildman–Crippen LogP) is 2.68. The van der Waals surface area contributed by atoms with Crippen LogP contribution in [0.4, 0.5) is 0 Å². The van der Waals surface area contributed by atoms with E-state index in [4.69, 9.17) is 4.74 Å². The monoisotopic (exact) mass is 291 g/mol. The molecule has 0 aromatic heterocycles. The molecule has 0 N–H and O–H groups in total. The number of fused-ring (bicyclic) bond motifs is 2. The van der Waals surface area contributed by atoms with Crippen molar-refractivity contribution in [3.8, 4) is 0 Å². The number of ether oxygens (including phenoxy) is 1. The minimum absolute atomic E-state index is 0.00761. The molecule has 4 unspecified atom stereocenters. The minimum Gasteiger partial charge on any atom is -0.366 e. The lowest BCUT2D eigenvalue weighted by molar-refractivity contribution is -0.139. The van der Waals surface area contributed by atoms with Gasteiger partial charge in [-0.25, -0.2) is 0 Å². The molecule has 2 saturated heterocycles. The van der Waals surface area contributed by atoms with E-state index in [1.807, 2.05) is 0 Å². The quantitative estimate of drug-likeness (QED) is 0.313. The molecule has 3 fully saturated rings. The Morgan fingerprint density at radius 2 is 2.05 bits per heavy atom. The highest BCUT2D eigenvalue weighted by atomic mass is 16.6. The lowest BCUT2D eigenvalue weighted by Gasteiger charge is -2.24. The van der Waals surface area contributed by atoms with Gasteiger partial charge in [0.05, 0.1) is 23.5 Å². The van der Waals surface area contributed by atoms with Crippen LogP contribution in [0.1, 0.15) is 51.9 Å². The number of likely N-dealkylation sites (tertiary alicyclic amines) is 1. The standard InChI is InChI=1S/C17H25NO3/c1-3-5-6-7-8-17-11-13-12(10-14(17)21-17)15(19)18(9-4-2)16(13)20/h4,12-14H,2-3,5-11H2,1H3. The number of nitrogens with zero attached hydrogens (tertiary/aromatic N) is 1. The second-order valence-electron chi connectivity index (χ2n) is 6.71. The molecule has 1 aliphatic carbocycles. The maximum atomic E-state index is 12.4. The molecule has 0 aromatic carbocycles. The third-order valence-corrected chi connectivity index (χ3v) is 5.36. The van der Waals surface area contributed by atoms with Gasteiger partial charge in [0.2, 0.25) is 11.8 Å². The van der Waals surface area contributed by atoms with Gasteiger partial charge in [-0.3, -0.25) is 14.5 Å². The summed E-state index contributed by atoms with van der Waals surface area (Å²) >= 11 is 0. The molecule has 2 heterocycles. The zero-order valence-electron chi connectivity index (χ0n) is 12.8. The molecule has 3 rings (SSSR count). The molecule has 0 aromatic rings. The topological polar surface area (TPSA) is 49.9 Å². The van der Waals surface area contributed by atoms with Gasteiger partial charge in [0, 0.05) is 6.54 Å². The van der Waals surface area contributed by atoms with E-state index < -0.39 is 0 Å². The Hall–Kier alpha value is -1.16. The number of carbonyl (C=O) groups is 2. The van der Waals surface area contributed by atoms with Crippen LogP contribution >= 0.6 is 0 Å². The SMILES string of the molecule is C=CCN1C(=O)C2CC3OC3(CCCCCC)CC2C1=O. The van der Waals surface area contributed by atoms with Gasteiger partial charge in [0.25, 0.3) is 0 Å². The van der Waals surface area contributed by atoms with Crippen LogP contribution in [0.25, 0.3) is 0 Å². The van der Waals surface area contributed by atoms with Gasteiger partial charge in [-0.15, -0.1) is 6.58 Å². The summed E-state index contributed by atoms with van der Waals surface area (Å²) in [5.74, 6) is -0.317. The van der Waals surface area contributed by atoms with E-state index in [0.29, 0.717) is 6.54 Å². The summed E-state index contributed by atoms with van der Waals surface area (Å²) in [5, 5.41) is 0. The van der Waals surface area contributed by atoms with E-state index in [1.165, 1.54) is 30.6 Å². The van der Waals surface area contributed by atoms with Gasteiger partial charge in [-0.1, -0.05) is 38.7 Å². The fourth-order valence-electron chi connectivity index (χ4n) is 4.12. The number of epoxide rings is 1. The molecule has 4 heteroatoms. The Labute approximate surface area is 126 Å². The van der Waals surface area contributed by atoms with Crippen LogP contribution in [0.15, 0.2) is 12.7 Å². The van der Waals surface area contributed by atoms with Crippen molar-refractivity contribution in [2.24, 2.45) is 11.8 Å². The number of imide groups is 1. The summed E-state index contributed by atoms with van der Waals surface area (Å²) in [6.45, 7) is 6.19. The average Bonchev–Trinajstić information content (AvgIpc) is 3.15. The van der Waals surface area contributed by atoms with E-state index in [-0.39, 0.29) is 35.4 Å². The first kappa shape index (κ1) is 14.8. The molecule has 2 amide bonds. The average molecular weight is 291 g/mol. The van der Waals surface area contributed by atoms with Crippen molar-refractivity contribution in [1.82, 2.24) is 4.90 Å². The lowest BCUT2D eigenvalue weighted by atomic mass is 9.73. The smallest absolute Gasteiger partial charge is 0.233 e. The first-order valence-corrected chi connectivity index (χ1v) is 8.27. The highest BCUT2D eigenvalue weighted by molar-refractivity contribution is 6.05. The van der Waals surface area contributed by atoms with Crippen LogP contribution in [0, 0.1) is 11.8 Å². The molecule has 116 valence electrons. The van der Waals surface area contributed by atoms with Crippen LogP contribution in [-0.2, 0) is 14.3 Å². The first-order chi connectivity index (χ1) is 10.1. The Kier molecular flexibility index (Phi) is 3.91. The van der Waals surface area contributed by atoms with Crippen LogP contribution < -0.4 is 0 Å². The zero-order valence-corrected chi connectivity index (χ0v) is 12.8. The van der Waals surface area contributed by atoms with Gasteiger partial charge >= 0.3 is 0 Å². The maximum Gasteiger partial charge on any atom is 0.233 e. The maximum absolute atomic E-state index is 12.4. The minimum atomic E-state index is -0.151. The van der Waals surface area contributed by atoms with E-state index in [9.17, 15) is 9.59 Å². The summed E-state index contributed by atoms with van der Waals surface area (Å²) in [7, 11) is 0. The van der Waals surface area contributed by atoms with Crippen LogP contribution in [0.3, 0.4) is 0 Å². The third kappa shape index (κ3) is 2.44. The van der Waals surface area contributed by atoms with Gasteiger partial charge < -0.3 is 4.74 Å². The largest absolute Gasteiger partial charge is 0.366 e. The Balaban J connectivity index is 1.63. The lowest BCUT2D eigenvalue weighted by Crippen LogP contribution is -2.33. The van der Waals surface area contributed by atoms with E-state index in [2.05, 4.69) is 13.5 Å². The molecular weight excluding hydrogens is 266 g/mol. The van der Waals surface area contributed by atoms with Crippen molar-refractivity contribution in [3.05, 3.63) is 12.7 Å². The molecule has 3 aliphatic rings. The summed E-state index contributed by atoms with van der Waals surface area (Å²) in [5.41, 5.74) is -0.0883. The molecule has 0 spiro atoms. The highest BCUT2D eigenvalue weighted by Crippen LogP contribution is 2.56. The first-order valence-electron chi connectivity index (χ1n) is 8.27. The number of rotatable bonds is 7. The van der Waals surface area contributed by atoms with E-state index in [0.717, 1.165) is 19.3 Å². The van der Waals surface area contributed by atoms with Crippen molar-refractivity contribution in [2.75, 3.05) is 6.54 Å². The van der Waals surface area contributed by atoms with Crippen molar-refractivity contribution in [2.45, 2.75) is 63.6 Å². The second kappa shape index (κ2) is 5.56. The van der Waals surface area contributed by atoms with Crippen molar-refractivity contribution < 1.29 is 14.3 Å². The zero-order chi connectivity index (χ0) is 15.0. The van der Waals surface area contributed by atoms with Crippen LogP contribution in [0.5, 0.6) is 0 Å². The fourth-order valence-corrected chi connectivity index (χ4v) is 4.12. The summed E-state index contributed by atoms with van der Waals surface area (Å²) in [6, 6.07) is 0. The summed E-state index contributed by atoms with van der Waals surface area (Å²) in [6.07, 6.45) is 9.25. The predicted molar refractivity (Wildman–Crippen MR) is 79.5 cm³/mol. The Morgan fingerprint density at radius 3 is 2.76 bits per heavy atom. The molecular formula is C17H25NO3. The van der Waals surface area contributed by atoms with Gasteiger partial charge in [0.15, 0.2) is 0 Å². The van der Waals surface area contributed by atoms with E-state index in [1.54, 1.807) is 6.08 Å². The van der Waals surface area contributed by atoms with E-state index >= 15 is 0 Å². The molecule has 4 nitrogen and oxygen atoms in total.